The van der Waals surface area contributed by atoms with Crippen molar-refractivity contribution in [2.24, 2.45) is 0 Å². The average molecular weight is 392 g/mol. The van der Waals surface area contributed by atoms with Crippen molar-refractivity contribution in [3.05, 3.63) is 29.8 Å². The van der Waals surface area contributed by atoms with E-state index in [-0.39, 0.29) is 24.2 Å². The molecule has 3 rings (SSSR count). The van der Waals surface area contributed by atoms with Crippen LogP contribution in [0.25, 0.3) is 0 Å². The molecule has 1 aromatic carbocycles. The number of methoxy groups -OCH3 is 1. The highest BCUT2D eigenvalue weighted by Gasteiger charge is 2.52. The van der Waals surface area contributed by atoms with E-state index in [0.717, 1.165) is 37.2 Å². The van der Waals surface area contributed by atoms with Crippen molar-refractivity contribution < 1.29 is 23.7 Å². The number of ether oxygens (including phenoxy) is 4. The number of benzene rings is 1. The summed E-state index contributed by atoms with van der Waals surface area (Å²) in [6.45, 7) is 8.19. The molecule has 0 saturated carbocycles. The summed E-state index contributed by atoms with van der Waals surface area (Å²) in [6, 6.07) is 7.70. The van der Waals surface area contributed by atoms with Crippen molar-refractivity contribution >= 4 is 5.97 Å². The van der Waals surface area contributed by atoms with E-state index in [4.69, 9.17) is 18.9 Å². The highest BCUT2D eigenvalue weighted by molar-refractivity contribution is 5.76. The molecule has 28 heavy (non-hydrogen) atoms. The van der Waals surface area contributed by atoms with Gasteiger partial charge in [-0.05, 0) is 44.4 Å². The van der Waals surface area contributed by atoms with Gasteiger partial charge in [0.15, 0.2) is 5.79 Å². The fourth-order valence-corrected chi connectivity index (χ4v) is 4.20. The van der Waals surface area contributed by atoms with Gasteiger partial charge in [0.25, 0.3) is 0 Å². The first-order valence-corrected chi connectivity index (χ1v) is 10.3. The van der Waals surface area contributed by atoms with Crippen molar-refractivity contribution in [2.45, 2.75) is 77.0 Å². The Morgan fingerprint density at radius 1 is 1.21 bits per heavy atom. The van der Waals surface area contributed by atoms with Crippen LogP contribution in [-0.2, 0) is 25.5 Å². The van der Waals surface area contributed by atoms with Gasteiger partial charge in [-0.1, -0.05) is 25.5 Å². The molecule has 2 aliphatic rings. The summed E-state index contributed by atoms with van der Waals surface area (Å²) in [4.78, 5) is 14.5. The summed E-state index contributed by atoms with van der Waals surface area (Å²) >= 11 is 0. The van der Waals surface area contributed by atoms with Crippen LogP contribution in [0.2, 0.25) is 0 Å². The largest absolute Gasteiger partial charge is 0.494 e. The third-order valence-corrected chi connectivity index (χ3v) is 5.43. The number of esters is 1. The smallest absolute Gasteiger partial charge is 0.323 e. The molecule has 6 heteroatoms. The second-order valence-electron chi connectivity index (χ2n) is 8.00. The Labute approximate surface area is 168 Å². The van der Waals surface area contributed by atoms with Gasteiger partial charge in [0.1, 0.15) is 11.8 Å². The molecule has 156 valence electrons. The highest BCUT2D eigenvalue weighted by Crippen LogP contribution is 2.39. The minimum Gasteiger partial charge on any atom is -0.494 e. The van der Waals surface area contributed by atoms with Gasteiger partial charge in [0, 0.05) is 13.0 Å². The predicted molar refractivity (Wildman–Crippen MR) is 106 cm³/mol. The number of unbranched alkanes of at least 4 members (excludes halogenated alkanes) is 1. The van der Waals surface area contributed by atoms with E-state index in [1.54, 1.807) is 0 Å². The van der Waals surface area contributed by atoms with Crippen LogP contribution in [0.1, 0.15) is 52.0 Å². The zero-order chi connectivity index (χ0) is 20.1. The molecule has 2 unspecified atom stereocenters. The lowest BCUT2D eigenvalue weighted by molar-refractivity contribution is -0.304. The van der Waals surface area contributed by atoms with Crippen LogP contribution >= 0.6 is 0 Å². The average Bonchev–Trinajstić information content (AvgIpc) is 2.98. The zero-order valence-corrected chi connectivity index (χ0v) is 17.5. The minimum absolute atomic E-state index is 0.113. The van der Waals surface area contributed by atoms with Crippen LogP contribution in [0, 0.1) is 0 Å². The monoisotopic (exact) mass is 391 g/mol. The lowest BCUT2D eigenvalue weighted by atomic mass is 10.1. The number of likely N-dealkylation sites (tertiary alicyclic amines) is 1. The lowest BCUT2D eigenvalue weighted by Gasteiger charge is -2.40. The van der Waals surface area contributed by atoms with Gasteiger partial charge in [-0.3, -0.25) is 9.69 Å². The molecule has 2 fully saturated rings. The molecule has 3 atom stereocenters. The molecule has 6 nitrogen and oxygen atoms in total. The molecule has 2 saturated heterocycles. The van der Waals surface area contributed by atoms with Crippen molar-refractivity contribution in [1.29, 1.82) is 0 Å². The van der Waals surface area contributed by atoms with Crippen molar-refractivity contribution in [3.8, 4) is 5.75 Å². The second-order valence-corrected chi connectivity index (χ2v) is 8.00. The van der Waals surface area contributed by atoms with Crippen LogP contribution in [0.15, 0.2) is 24.3 Å². The first-order valence-electron chi connectivity index (χ1n) is 10.3. The maximum Gasteiger partial charge on any atom is 0.323 e. The number of carbonyl (C=O) groups excluding carboxylic acids is 1. The maximum atomic E-state index is 12.4. The molecule has 0 bridgehead atoms. The minimum atomic E-state index is -0.737. The Morgan fingerprint density at radius 2 is 1.89 bits per heavy atom. The van der Waals surface area contributed by atoms with Gasteiger partial charge in [0.05, 0.1) is 32.5 Å². The summed E-state index contributed by atoms with van der Waals surface area (Å²) in [7, 11) is 1.43. The van der Waals surface area contributed by atoms with E-state index < -0.39 is 5.79 Å². The van der Waals surface area contributed by atoms with Gasteiger partial charge in [-0.25, -0.2) is 0 Å². The van der Waals surface area contributed by atoms with Gasteiger partial charge < -0.3 is 18.9 Å². The Kier molecular flexibility index (Phi) is 6.96. The Bertz CT molecular complexity index is 637. The van der Waals surface area contributed by atoms with Crippen molar-refractivity contribution in [1.82, 2.24) is 4.90 Å². The molecule has 2 heterocycles. The second kappa shape index (κ2) is 9.25. The first-order chi connectivity index (χ1) is 13.4. The summed E-state index contributed by atoms with van der Waals surface area (Å²) < 4.78 is 23.1. The van der Waals surface area contributed by atoms with Crippen LogP contribution in [-0.4, -0.2) is 55.2 Å². The first kappa shape index (κ1) is 21.1. The van der Waals surface area contributed by atoms with E-state index in [2.05, 4.69) is 37.8 Å². The molecule has 1 spiro atoms. The highest BCUT2D eigenvalue weighted by atomic mass is 16.7. The summed E-state index contributed by atoms with van der Waals surface area (Å²) in [5.41, 5.74) is 1.12. The molecule has 0 aromatic heterocycles. The molecule has 0 radical (unpaired) electrons. The molecule has 1 aromatic rings. The number of hydrogen-bond donors (Lipinski definition) is 0. The Morgan fingerprint density at radius 3 is 2.50 bits per heavy atom. The van der Waals surface area contributed by atoms with Crippen LogP contribution in [0.5, 0.6) is 5.75 Å². The number of carbonyl (C=O) groups is 1. The standard InChI is InChI=1S/C22H33NO5/c1-5-6-11-26-19-9-7-18(8-10-19)14-23-15-22(13-20(23)21(24)25-4)27-16(2)12-17(3)28-22/h7-10,16-17,20H,5-6,11-15H2,1-4H3/t16?,17?,20-,22?/m1/s1. The lowest BCUT2D eigenvalue weighted by Crippen LogP contribution is -2.48. The fraction of sp³-hybridized carbons (Fsp3) is 0.682. The molecule has 2 aliphatic heterocycles. The Balaban J connectivity index is 1.69. The van der Waals surface area contributed by atoms with Crippen LogP contribution < -0.4 is 4.74 Å². The fourth-order valence-electron chi connectivity index (χ4n) is 4.20. The van der Waals surface area contributed by atoms with E-state index in [1.165, 1.54) is 7.11 Å². The van der Waals surface area contributed by atoms with E-state index >= 15 is 0 Å². The molecule has 0 amide bonds. The molecule has 0 aliphatic carbocycles. The van der Waals surface area contributed by atoms with Gasteiger partial charge in [-0.2, -0.15) is 0 Å². The maximum absolute atomic E-state index is 12.4. The van der Waals surface area contributed by atoms with Gasteiger partial charge in [0.2, 0.25) is 0 Å². The van der Waals surface area contributed by atoms with E-state index in [1.807, 2.05) is 12.1 Å². The van der Waals surface area contributed by atoms with Crippen LogP contribution in [0.4, 0.5) is 0 Å². The summed E-state index contributed by atoms with van der Waals surface area (Å²) in [5.74, 6) is -0.102. The Hall–Kier alpha value is -1.63. The van der Waals surface area contributed by atoms with Crippen LogP contribution in [0.3, 0.4) is 0 Å². The SMILES string of the molecule is CCCCOc1ccc(CN2CC3(C[C@@H]2C(=O)OC)OC(C)CC(C)O3)cc1. The topological polar surface area (TPSA) is 57.2 Å². The molecular weight excluding hydrogens is 358 g/mol. The molecular formula is C22H33NO5. The third kappa shape index (κ3) is 5.04. The third-order valence-electron chi connectivity index (χ3n) is 5.43. The van der Waals surface area contributed by atoms with E-state index in [9.17, 15) is 4.79 Å². The van der Waals surface area contributed by atoms with Crippen molar-refractivity contribution in [3.63, 3.8) is 0 Å². The van der Waals surface area contributed by atoms with Gasteiger partial charge in [-0.15, -0.1) is 0 Å². The van der Waals surface area contributed by atoms with E-state index in [0.29, 0.717) is 19.5 Å². The summed E-state index contributed by atoms with van der Waals surface area (Å²) in [5, 5.41) is 0. The number of rotatable bonds is 7. The predicted octanol–water partition coefficient (Wildman–Crippen LogP) is 3.52. The number of hydrogen-bond acceptors (Lipinski definition) is 6. The summed E-state index contributed by atoms with van der Waals surface area (Å²) in [6.07, 6.45) is 3.75. The quantitative estimate of drug-likeness (QED) is 0.524. The van der Waals surface area contributed by atoms with Gasteiger partial charge >= 0.3 is 5.97 Å². The van der Waals surface area contributed by atoms with Crippen molar-refractivity contribution in [2.75, 3.05) is 20.3 Å². The molecule has 0 N–H and O–H groups in total. The normalized spacial score (nSPS) is 30.5. The zero-order valence-electron chi connectivity index (χ0n) is 17.5. The number of nitrogens with zero attached hydrogens (tertiary/aromatic N) is 1.